The van der Waals surface area contributed by atoms with Crippen molar-refractivity contribution in [1.82, 2.24) is 4.98 Å². The van der Waals surface area contributed by atoms with Crippen molar-refractivity contribution in [3.63, 3.8) is 0 Å². The topological polar surface area (TPSA) is 52.0 Å². The molecule has 3 nitrogen and oxygen atoms in total. The summed E-state index contributed by atoms with van der Waals surface area (Å²) in [6.45, 7) is 0. The van der Waals surface area contributed by atoms with Crippen LogP contribution in [0.1, 0.15) is 0 Å². The van der Waals surface area contributed by atoms with Crippen LogP contribution >= 0.6 is 39.1 Å². The summed E-state index contributed by atoms with van der Waals surface area (Å²) in [6, 6.07) is 8.74. The number of fused-ring (bicyclic) bond motifs is 1. The number of rotatable bonds is 1. The van der Waals surface area contributed by atoms with Crippen molar-refractivity contribution >= 4 is 55.9 Å². The van der Waals surface area contributed by atoms with Gasteiger partial charge in [0, 0.05) is 20.1 Å². The second-order valence-corrected chi connectivity index (χ2v) is 5.81. The summed E-state index contributed by atoms with van der Waals surface area (Å²) >= 11 is 15.3. The fourth-order valence-corrected chi connectivity index (χ4v) is 2.81. The molecule has 0 radical (unpaired) electrons. The molecule has 0 unspecified atom stereocenters. The first-order valence-corrected chi connectivity index (χ1v) is 6.90. The Morgan fingerprint density at radius 2 is 1.74 bits per heavy atom. The van der Waals surface area contributed by atoms with E-state index in [2.05, 4.69) is 20.9 Å². The van der Waals surface area contributed by atoms with E-state index in [9.17, 15) is 0 Å². The second-order valence-electron chi connectivity index (χ2n) is 4.02. The minimum Gasteiger partial charge on any atom is -0.434 e. The zero-order valence-corrected chi connectivity index (χ0v) is 12.6. The molecule has 0 aliphatic carbocycles. The van der Waals surface area contributed by atoms with Crippen LogP contribution < -0.4 is 5.73 Å². The molecule has 1 heterocycles. The highest BCUT2D eigenvalue weighted by molar-refractivity contribution is 9.10. The summed E-state index contributed by atoms with van der Waals surface area (Å²) in [7, 11) is 0. The predicted molar refractivity (Wildman–Crippen MR) is 81.6 cm³/mol. The number of anilines is 1. The van der Waals surface area contributed by atoms with Crippen LogP contribution in [0.4, 0.5) is 5.69 Å². The summed E-state index contributed by atoms with van der Waals surface area (Å²) in [6.07, 6.45) is 0. The highest BCUT2D eigenvalue weighted by Crippen LogP contribution is 2.32. The lowest BCUT2D eigenvalue weighted by Crippen LogP contribution is -1.84. The van der Waals surface area contributed by atoms with Gasteiger partial charge in [0.15, 0.2) is 5.58 Å². The number of halogens is 3. The molecule has 96 valence electrons. The van der Waals surface area contributed by atoms with Gasteiger partial charge in [0.1, 0.15) is 5.52 Å². The van der Waals surface area contributed by atoms with Gasteiger partial charge in [-0.3, -0.25) is 0 Å². The van der Waals surface area contributed by atoms with E-state index in [1.807, 2.05) is 6.07 Å². The van der Waals surface area contributed by atoms with Gasteiger partial charge in [-0.25, -0.2) is 4.98 Å². The number of nitrogen functional groups attached to an aromatic ring is 1. The maximum atomic E-state index is 5.97. The van der Waals surface area contributed by atoms with E-state index in [0.717, 1.165) is 4.47 Å². The standard InChI is InChI=1S/C13H7BrCl2N2O/c14-7-3-10(17)12-11(4-7)18-13(19-12)6-1-8(15)5-9(16)2-6/h1-5H,17H2. The summed E-state index contributed by atoms with van der Waals surface area (Å²) < 4.78 is 6.52. The summed E-state index contributed by atoms with van der Waals surface area (Å²) in [4.78, 5) is 4.39. The maximum absolute atomic E-state index is 5.97. The van der Waals surface area contributed by atoms with Gasteiger partial charge in [0.05, 0.1) is 5.69 Å². The molecule has 0 aliphatic heterocycles. The molecule has 0 atom stereocenters. The number of hydrogen-bond acceptors (Lipinski definition) is 3. The average molecular weight is 358 g/mol. The number of nitrogens with zero attached hydrogens (tertiary/aromatic N) is 1. The second kappa shape index (κ2) is 4.71. The summed E-state index contributed by atoms with van der Waals surface area (Å²) in [5.41, 5.74) is 8.36. The Balaban J connectivity index is 2.23. The third kappa shape index (κ3) is 2.43. The van der Waals surface area contributed by atoms with Crippen LogP contribution in [0.15, 0.2) is 39.2 Å². The van der Waals surface area contributed by atoms with Crippen LogP contribution in [-0.4, -0.2) is 4.98 Å². The Hall–Kier alpha value is -1.23. The van der Waals surface area contributed by atoms with Gasteiger partial charge in [-0.2, -0.15) is 0 Å². The summed E-state index contributed by atoms with van der Waals surface area (Å²) in [5.74, 6) is 0.434. The van der Waals surface area contributed by atoms with Crippen LogP contribution in [0, 0.1) is 0 Å². The number of aromatic nitrogens is 1. The molecule has 6 heteroatoms. The average Bonchev–Trinajstić information content (AvgIpc) is 2.71. The lowest BCUT2D eigenvalue weighted by molar-refractivity contribution is 0.621. The van der Waals surface area contributed by atoms with Crippen LogP contribution in [0.2, 0.25) is 10.0 Å². The van der Waals surface area contributed by atoms with Crippen molar-refractivity contribution in [1.29, 1.82) is 0 Å². The molecule has 0 fully saturated rings. The largest absolute Gasteiger partial charge is 0.434 e. The predicted octanol–water partition coefficient (Wildman–Crippen LogP) is 5.15. The first-order valence-electron chi connectivity index (χ1n) is 5.35. The molecule has 0 saturated heterocycles. The molecule has 0 spiro atoms. The lowest BCUT2D eigenvalue weighted by atomic mass is 10.2. The zero-order chi connectivity index (χ0) is 13.6. The SMILES string of the molecule is Nc1cc(Br)cc2nc(-c3cc(Cl)cc(Cl)c3)oc12. The van der Waals surface area contributed by atoms with Crippen molar-refractivity contribution in [3.05, 3.63) is 44.8 Å². The van der Waals surface area contributed by atoms with E-state index < -0.39 is 0 Å². The summed E-state index contributed by atoms with van der Waals surface area (Å²) in [5, 5.41) is 1.05. The van der Waals surface area contributed by atoms with Gasteiger partial charge in [-0.15, -0.1) is 0 Å². The maximum Gasteiger partial charge on any atom is 0.227 e. The molecule has 19 heavy (non-hydrogen) atoms. The number of oxazole rings is 1. The normalized spacial score (nSPS) is 11.1. The van der Waals surface area contributed by atoms with Gasteiger partial charge in [-0.1, -0.05) is 39.1 Å². The Morgan fingerprint density at radius 1 is 1.05 bits per heavy atom. The van der Waals surface area contributed by atoms with Crippen LogP contribution in [0.25, 0.3) is 22.6 Å². The lowest BCUT2D eigenvalue weighted by Gasteiger charge is -1.98. The van der Waals surface area contributed by atoms with Crippen LogP contribution in [0.5, 0.6) is 0 Å². The third-order valence-electron chi connectivity index (χ3n) is 2.59. The highest BCUT2D eigenvalue weighted by atomic mass is 79.9. The molecule has 3 rings (SSSR count). The highest BCUT2D eigenvalue weighted by Gasteiger charge is 2.12. The van der Waals surface area contributed by atoms with Gasteiger partial charge >= 0.3 is 0 Å². The van der Waals surface area contributed by atoms with Gasteiger partial charge in [-0.05, 0) is 30.3 Å². The van der Waals surface area contributed by atoms with Crippen molar-refractivity contribution in [2.75, 3.05) is 5.73 Å². The minimum atomic E-state index is 0.434. The van der Waals surface area contributed by atoms with Crippen LogP contribution in [0.3, 0.4) is 0 Å². The first-order chi connectivity index (χ1) is 9.02. The van der Waals surface area contributed by atoms with Crippen molar-refractivity contribution < 1.29 is 4.42 Å². The third-order valence-corrected chi connectivity index (χ3v) is 3.49. The minimum absolute atomic E-state index is 0.434. The molecule has 0 bridgehead atoms. The van der Waals surface area contributed by atoms with Gasteiger partial charge in [0.2, 0.25) is 5.89 Å². The molecular formula is C13H7BrCl2N2O. The first kappa shape index (κ1) is 12.8. The van der Waals surface area contributed by atoms with E-state index in [-0.39, 0.29) is 0 Å². The Labute approximate surface area is 127 Å². The van der Waals surface area contributed by atoms with Gasteiger partial charge < -0.3 is 10.2 Å². The monoisotopic (exact) mass is 356 g/mol. The molecule has 2 N–H and O–H groups in total. The number of benzene rings is 2. The molecular weight excluding hydrogens is 351 g/mol. The Kier molecular flexibility index (Phi) is 3.17. The number of hydrogen-bond donors (Lipinski definition) is 1. The Bertz CT molecular complexity index is 765. The molecule has 0 amide bonds. The fourth-order valence-electron chi connectivity index (χ4n) is 1.82. The van der Waals surface area contributed by atoms with Crippen molar-refractivity contribution in [2.24, 2.45) is 0 Å². The molecule has 2 aromatic carbocycles. The quantitative estimate of drug-likeness (QED) is 0.613. The van der Waals surface area contributed by atoms with E-state index in [1.165, 1.54) is 0 Å². The molecule has 3 aromatic rings. The molecule has 1 aromatic heterocycles. The molecule has 0 aliphatic rings. The van der Waals surface area contributed by atoms with Gasteiger partial charge in [0.25, 0.3) is 0 Å². The Morgan fingerprint density at radius 3 is 2.42 bits per heavy atom. The van der Waals surface area contributed by atoms with E-state index in [0.29, 0.717) is 38.3 Å². The van der Waals surface area contributed by atoms with Crippen molar-refractivity contribution in [3.8, 4) is 11.5 Å². The van der Waals surface area contributed by atoms with E-state index >= 15 is 0 Å². The van der Waals surface area contributed by atoms with Crippen molar-refractivity contribution in [2.45, 2.75) is 0 Å². The van der Waals surface area contributed by atoms with Crippen LogP contribution in [-0.2, 0) is 0 Å². The van der Waals surface area contributed by atoms with E-state index in [4.69, 9.17) is 33.4 Å². The number of nitrogens with two attached hydrogens (primary N) is 1. The van der Waals surface area contributed by atoms with E-state index in [1.54, 1.807) is 24.3 Å². The molecule has 0 saturated carbocycles. The smallest absolute Gasteiger partial charge is 0.227 e. The fraction of sp³-hybridized carbons (Fsp3) is 0. The zero-order valence-electron chi connectivity index (χ0n) is 9.45.